The lowest BCUT2D eigenvalue weighted by molar-refractivity contribution is 1.16. The molecule has 0 saturated carbocycles. The normalized spacial score (nSPS) is 12.7. The van der Waals surface area contributed by atoms with Crippen LogP contribution < -0.4 is 26.2 Å². The quantitative estimate of drug-likeness (QED) is 0.0811. The van der Waals surface area contributed by atoms with E-state index < -0.39 is 0 Å². The molecule has 0 N–H and O–H groups in total. The largest absolute Gasteiger partial charge is 0.310 e. The summed E-state index contributed by atoms with van der Waals surface area (Å²) in [5.41, 5.74) is 27.4. The Bertz CT molecular complexity index is 6930. The minimum atomic E-state index is -0.275. The second kappa shape index (κ2) is 23.6. The Morgan fingerprint density at radius 3 is 0.882 bits per heavy atom. The summed E-state index contributed by atoms with van der Waals surface area (Å²) in [5, 5.41) is 22.8. The molecule has 0 unspecified atom stereocenters. The average Bonchev–Trinajstić information content (AvgIpc) is 0.824. The average molecular weight is 1390 g/mol. The molecule has 2 aliphatic heterocycles. The zero-order valence-corrected chi connectivity index (χ0v) is 59.9. The number of hydrogen-bond acceptors (Lipinski definition) is 2. The first-order valence-corrected chi connectivity index (χ1v) is 38.3. The molecule has 0 atom stereocenters. The maximum Gasteiger partial charge on any atom is 0.252 e. The molecule has 0 bridgehead atoms. The van der Waals surface area contributed by atoms with E-state index in [2.05, 4.69) is 403 Å². The van der Waals surface area contributed by atoms with Gasteiger partial charge in [-0.05, 0) is 183 Å². The second-order valence-corrected chi connectivity index (χ2v) is 30.0. The predicted octanol–water partition coefficient (Wildman–Crippen LogP) is 27.0. The van der Waals surface area contributed by atoms with Crippen molar-refractivity contribution in [3.05, 3.63) is 388 Å². The molecule has 0 saturated heterocycles. The highest BCUT2D eigenvalue weighted by atomic mass is 15.2. The summed E-state index contributed by atoms with van der Waals surface area (Å²) >= 11 is 0. The molecule has 506 valence electrons. The number of aromatic nitrogens is 1. The van der Waals surface area contributed by atoms with Crippen LogP contribution in [0.3, 0.4) is 0 Å². The van der Waals surface area contributed by atoms with Crippen LogP contribution in [-0.2, 0) is 0 Å². The van der Waals surface area contributed by atoms with Crippen LogP contribution in [0.2, 0.25) is 0 Å². The van der Waals surface area contributed by atoms with E-state index >= 15 is 0 Å². The van der Waals surface area contributed by atoms with Gasteiger partial charge in [-0.3, -0.25) is 0 Å². The summed E-state index contributed by atoms with van der Waals surface area (Å²) in [4.78, 5) is 5.43. The fraction of sp³-hybridized carbons (Fsp3) is 0. The number of rotatable bonds is 9. The molecule has 22 aromatic rings. The van der Waals surface area contributed by atoms with Gasteiger partial charge < -0.3 is 14.4 Å². The van der Waals surface area contributed by atoms with Crippen LogP contribution >= 0.6 is 0 Å². The molecule has 3 nitrogen and oxygen atoms in total. The zero-order chi connectivity index (χ0) is 71.8. The van der Waals surface area contributed by atoms with Crippen LogP contribution in [0.5, 0.6) is 0 Å². The van der Waals surface area contributed by atoms with Crippen molar-refractivity contribution in [2.24, 2.45) is 0 Å². The molecule has 0 amide bonds. The van der Waals surface area contributed by atoms with Crippen molar-refractivity contribution in [1.82, 2.24) is 4.57 Å². The van der Waals surface area contributed by atoms with Crippen LogP contribution in [-0.4, -0.2) is 11.3 Å². The molecule has 2 aliphatic rings. The van der Waals surface area contributed by atoms with E-state index in [0.29, 0.717) is 0 Å². The van der Waals surface area contributed by atoms with Crippen LogP contribution in [0, 0.1) is 0 Å². The van der Waals surface area contributed by atoms with E-state index in [9.17, 15) is 0 Å². The van der Waals surface area contributed by atoms with Gasteiger partial charge in [0.05, 0.1) is 28.1 Å². The van der Waals surface area contributed by atoms with Crippen LogP contribution in [0.1, 0.15) is 0 Å². The predicted molar refractivity (Wildman–Crippen MR) is 470 cm³/mol. The van der Waals surface area contributed by atoms with Crippen molar-refractivity contribution in [2.75, 3.05) is 9.80 Å². The van der Waals surface area contributed by atoms with Gasteiger partial charge in [-0.1, -0.05) is 352 Å². The highest BCUT2D eigenvalue weighted by Gasteiger charge is 2.46. The third-order valence-electron chi connectivity index (χ3n) is 24.4. The second-order valence-electron chi connectivity index (χ2n) is 30.0. The molecule has 110 heavy (non-hydrogen) atoms. The van der Waals surface area contributed by atoms with Crippen LogP contribution in [0.15, 0.2) is 388 Å². The Labute approximate surface area is 636 Å². The molecule has 21 aromatic carbocycles. The molecule has 0 radical (unpaired) electrons. The van der Waals surface area contributed by atoms with Crippen LogP contribution in [0.4, 0.5) is 34.1 Å². The van der Waals surface area contributed by atoms with E-state index in [1.54, 1.807) is 0 Å². The monoisotopic (exact) mass is 1390 g/mol. The molecular formula is C106H64BN3. The van der Waals surface area contributed by atoms with Gasteiger partial charge in [-0.25, -0.2) is 0 Å². The Hall–Kier alpha value is -14.3. The number of anilines is 6. The minimum Gasteiger partial charge on any atom is -0.310 e. The summed E-state index contributed by atoms with van der Waals surface area (Å²) in [6.07, 6.45) is 0. The molecule has 1 aromatic heterocycles. The fourth-order valence-electron chi connectivity index (χ4n) is 19.9. The summed E-state index contributed by atoms with van der Waals surface area (Å²) in [6.45, 7) is -0.275. The van der Waals surface area contributed by atoms with Gasteiger partial charge in [0.25, 0.3) is 6.71 Å². The number of benzene rings is 21. The third-order valence-corrected chi connectivity index (χ3v) is 24.4. The number of hydrogen-bond donors (Lipinski definition) is 0. The van der Waals surface area contributed by atoms with Gasteiger partial charge in [0.15, 0.2) is 0 Å². The van der Waals surface area contributed by atoms with Crippen molar-refractivity contribution < 1.29 is 0 Å². The summed E-state index contributed by atoms with van der Waals surface area (Å²) in [5.74, 6) is 0. The van der Waals surface area contributed by atoms with Gasteiger partial charge in [0.2, 0.25) is 0 Å². The van der Waals surface area contributed by atoms with Gasteiger partial charge >= 0.3 is 0 Å². The lowest BCUT2D eigenvalue weighted by Crippen LogP contribution is -2.61. The summed E-state index contributed by atoms with van der Waals surface area (Å²) in [7, 11) is 0. The lowest BCUT2D eigenvalue weighted by Gasteiger charge is -2.46. The lowest BCUT2D eigenvalue weighted by atomic mass is 9.33. The Balaban J connectivity index is 0.866. The van der Waals surface area contributed by atoms with Gasteiger partial charge in [-0.15, -0.1) is 0 Å². The van der Waals surface area contributed by atoms with Gasteiger partial charge in [0, 0.05) is 55.8 Å². The molecule has 3 heterocycles. The molecule has 0 aliphatic carbocycles. The maximum atomic E-state index is 2.71. The number of fused-ring (bicyclic) bond motifs is 11. The highest BCUT2D eigenvalue weighted by molar-refractivity contribution is 7.00. The van der Waals surface area contributed by atoms with Gasteiger partial charge in [-0.2, -0.15) is 0 Å². The molecule has 4 heteroatoms. The number of nitrogens with zero attached hydrogens (tertiary/aromatic N) is 3. The minimum absolute atomic E-state index is 0.275. The smallest absolute Gasteiger partial charge is 0.252 e. The zero-order valence-electron chi connectivity index (χ0n) is 59.9. The van der Waals surface area contributed by atoms with E-state index in [-0.39, 0.29) is 6.71 Å². The standard InChI is InChI=1S/C106H64BN3/c1-5-25-65(26-6-1)76-39-21-40-77(66-27-7-2-8-28-66)105(76)109-96-61-71(74-55-57-90-86-45-19-35-69-33-17-43-84(100(69)86)88-49-23-47-82(74)102(88)90)53-59-92(96)107-93-60-54-72(75-56-58-91-87-46-20-36-70-34-18-44-85(101(70)87)89-50-24-48-83(75)103(89)91)62-97(93)110(106-78(67-29-9-3-10-30-67)41-22-42-79(106)68-31-11-4-12-32-68)99-64-73(63-98(109)104(99)107)108-94-51-15-13-37-80(94)81-38-14-16-52-95(81)108/h1-64H. The first-order valence-electron chi connectivity index (χ1n) is 38.3. The van der Waals surface area contributed by atoms with E-state index in [1.165, 1.54) is 124 Å². The van der Waals surface area contributed by atoms with Crippen molar-refractivity contribution in [3.63, 3.8) is 0 Å². The Kier molecular flexibility index (Phi) is 13.1. The third kappa shape index (κ3) is 8.73. The summed E-state index contributed by atoms with van der Waals surface area (Å²) < 4.78 is 2.55. The van der Waals surface area contributed by atoms with Gasteiger partial charge in [0.1, 0.15) is 0 Å². The van der Waals surface area contributed by atoms with E-state index in [4.69, 9.17) is 0 Å². The van der Waals surface area contributed by atoms with E-state index in [0.717, 1.165) is 106 Å². The topological polar surface area (TPSA) is 11.4 Å². The van der Waals surface area contributed by atoms with Crippen LogP contribution in [0.25, 0.3) is 180 Å². The fourth-order valence-corrected chi connectivity index (χ4v) is 19.9. The molecule has 0 fully saturated rings. The van der Waals surface area contributed by atoms with Crippen molar-refractivity contribution in [2.45, 2.75) is 0 Å². The summed E-state index contributed by atoms with van der Waals surface area (Å²) in [6, 6.07) is 147. The number of para-hydroxylation sites is 4. The van der Waals surface area contributed by atoms with E-state index in [1.807, 2.05) is 0 Å². The Morgan fingerprint density at radius 1 is 0.191 bits per heavy atom. The molecule has 0 spiro atoms. The maximum absolute atomic E-state index is 2.71. The first kappa shape index (κ1) is 60.9. The van der Waals surface area contributed by atoms with Crippen molar-refractivity contribution >= 4 is 165 Å². The van der Waals surface area contributed by atoms with Crippen molar-refractivity contribution in [1.29, 1.82) is 0 Å². The van der Waals surface area contributed by atoms with Crippen molar-refractivity contribution in [3.8, 4) is 72.4 Å². The first-order chi connectivity index (χ1) is 54.6. The molecular weight excluding hydrogens is 1330 g/mol. The SMILES string of the molecule is c1ccc(-c2cccc(-c3ccccc3)c2N2c3cc(-c4ccc5c6cccc7cccc(c8cccc4c85)c76)ccc3B3c4ccc(-c5ccc6c7cccc8cccc(c9cccc5c96)c87)cc4N(c4c(-c5ccccc5)cccc4-c4ccccc4)c4cc(-n5c6ccccc6c6ccccc65)cc2c43)cc1. The highest BCUT2D eigenvalue weighted by Crippen LogP contribution is 2.56. The molecule has 24 rings (SSSR count). The Morgan fingerprint density at radius 2 is 0.500 bits per heavy atom.